The normalized spacial score (nSPS) is 54.4. The summed E-state index contributed by atoms with van der Waals surface area (Å²) in [5.74, 6) is 1.27. The van der Waals surface area contributed by atoms with Gasteiger partial charge in [-0.05, 0) is 62.2 Å². The van der Waals surface area contributed by atoms with Crippen molar-refractivity contribution in [3.05, 3.63) is 0 Å². The van der Waals surface area contributed by atoms with Gasteiger partial charge < -0.3 is 10.2 Å². The van der Waals surface area contributed by atoms with Gasteiger partial charge in [0.25, 0.3) is 0 Å². The molecule has 0 spiro atoms. The molecule has 6 atom stereocenters. The Kier molecular flexibility index (Phi) is 3.94. The van der Waals surface area contributed by atoms with Gasteiger partial charge in [0.05, 0.1) is 11.7 Å². The molecule has 3 rings (SSSR count). The van der Waals surface area contributed by atoms with E-state index in [0.29, 0.717) is 11.3 Å². The van der Waals surface area contributed by atoms with Crippen molar-refractivity contribution in [2.45, 2.75) is 96.7 Å². The van der Waals surface area contributed by atoms with E-state index in [-0.39, 0.29) is 11.5 Å². The van der Waals surface area contributed by atoms with Gasteiger partial charge >= 0.3 is 0 Å². The van der Waals surface area contributed by atoms with Crippen LogP contribution in [0.25, 0.3) is 0 Å². The fraction of sp³-hybridized carbons (Fsp3) is 1.00. The average molecular weight is 294 g/mol. The van der Waals surface area contributed by atoms with Crippen LogP contribution in [0.4, 0.5) is 0 Å². The molecule has 2 heteroatoms. The summed E-state index contributed by atoms with van der Waals surface area (Å²) in [7, 11) is 0. The van der Waals surface area contributed by atoms with Crippen molar-refractivity contribution >= 4 is 0 Å². The maximum absolute atomic E-state index is 11.3. The summed E-state index contributed by atoms with van der Waals surface area (Å²) in [6.45, 7) is 6.90. The van der Waals surface area contributed by atoms with E-state index in [1.54, 1.807) is 0 Å². The third kappa shape index (κ3) is 2.20. The van der Waals surface area contributed by atoms with E-state index < -0.39 is 5.60 Å². The van der Waals surface area contributed by atoms with Crippen LogP contribution < -0.4 is 0 Å². The van der Waals surface area contributed by atoms with Gasteiger partial charge in [-0.15, -0.1) is 0 Å². The molecule has 0 bridgehead atoms. The Morgan fingerprint density at radius 1 is 1.05 bits per heavy atom. The Labute approximate surface area is 130 Å². The number of hydrogen-bond acceptors (Lipinski definition) is 2. The van der Waals surface area contributed by atoms with E-state index in [0.717, 1.165) is 38.0 Å². The molecule has 0 aromatic carbocycles. The fourth-order valence-electron chi connectivity index (χ4n) is 6.24. The van der Waals surface area contributed by atoms with Crippen LogP contribution in [0.3, 0.4) is 0 Å². The predicted molar refractivity (Wildman–Crippen MR) is 86.0 cm³/mol. The third-order valence-electron chi connectivity index (χ3n) is 8.05. The van der Waals surface area contributed by atoms with Crippen molar-refractivity contribution in [1.29, 1.82) is 0 Å². The Balaban J connectivity index is 1.87. The first-order chi connectivity index (χ1) is 9.86. The zero-order valence-electron chi connectivity index (χ0n) is 14.2. The monoisotopic (exact) mass is 294 g/mol. The lowest BCUT2D eigenvalue weighted by molar-refractivity contribution is -0.182. The van der Waals surface area contributed by atoms with Gasteiger partial charge in [0.1, 0.15) is 0 Å². The minimum absolute atomic E-state index is 0.254. The first-order valence-corrected chi connectivity index (χ1v) is 9.26. The summed E-state index contributed by atoms with van der Waals surface area (Å²) in [6.07, 6.45) is 11.0. The molecule has 2 nitrogen and oxygen atoms in total. The first-order valence-electron chi connectivity index (χ1n) is 9.26. The summed E-state index contributed by atoms with van der Waals surface area (Å²) in [4.78, 5) is 0. The highest BCUT2D eigenvalue weighted by Crippen LogP contribution is 2.61. The smallest absolute Gasteiger partial charge is 0.0728 e. The highest BCUT2D eigenvalue weighted by Gasteiger charge is 2.61. The van der Waals surface area contributed by atoms with Gasteiger partial charge in [-0.1, -0.05) is 40.0 Å². The van der Waals surface area contributed by atoms with Crippen LogP contribution in [0.1, 0.15) is 85.0 Å². The molecular weight excluding hydrogens is 260 g/mol. The van der Waals surface area contributed by atoms with Crippen molar-refractivity contribution < 1.29 is 10.2 Å². The van der Waals surface area contributed by atoms with Gasteiger partial charge in [0.2, 0.25) is 0 Å². The largest absolute Gasteiger partial charge is 0.392 e. The lowest BCUT2D eigenvalue weighted by Crippen LogP contribution is -2.58. The molecule has 122 valence electrons. The predicted octanol–water partition coefficient (Wildman–Crippen LogP) is 4.29. The number of fused-ring (bicyclic) bond motifs is 1. The van der Waals surface area contributed by atoms with Crippen molar-refractivity contribution in [3.63, 3.8) is 0 Å². The average Bonchev–Trinajstić information content (AvgIpc) is 2.76. The van der Waals surface area contributed by atoms with Crippen LogP contribution in [0.2, 0.25) is 0 Å². The van der Waals surface area contributed by atoms with Gasteiger partial charge in [-0.3, -0.25) is 0 Å². The molecule has 0 saturated heterocycles. The molecular formula is C19H34O2. The quantitative estimate of drug-likeness (QED) is 0.798. The molecule has 0 radical (unpaired) electrons. The van der Waals surface area contributed by atoms with Crippen molar-refractivity contribution in [2.75, 3.05) is 0 Å². The van der Waals surface area contributed by atoms with Gasteiger partial charge in [-0.2, -0.15) is 0 Å². The van der Waals surface area contributed by atoms with Crippen LogP contribution in [0.15, 0.2) is 0 Å². The molecule has 21 heavy (non-hydrogen) atoms. The van der Waals surface area contributed by atoms with E-state index in [1.807, 2.05) is 0 Å². The molecule has 3 aliphatic carbocycles. The van der Waals surface area contributed by atoms with E-state index >= 15 is 0 Å². The summed E-state index contributed by atoms with van der Waals surface area (Å²) in [6, 6.07) is 0. The number of rotatable bonds is 2. The second-order valence-electron chi connectivity index (χ2n) is 8.81. The number of hydrogen-bond donors (Lipinski definition) is 2. The molecule has 3 aliphatic rings. The lowest BCUT2D eigenvalue weighted by Gasteiger charge is -2.56. The summed E-state index contributed by atoms with van der Waals surface area (Å²) in [5, 5.41) is 22.1. The van der Waals surface area contributed by atoms with Crippen LogP contribution in [-0.4, -0.2) is 21.9 Å². The Morgan fingerprint density at radius 3 is 2.52 bits per heavy atom. The van der Waals surface area contributed by atoms with E-state index in [9.17, 15) is 10.2 Å². The molecule has 3 saturated carbocycles. The second kappa shape index (κ2) is 5.23. The summed E-state index contributed by atoms with van der Waals surface area (Å²) >= 11 is 0. The lowest BCUT2D eigenvalue weighted by atomic mass is 9.51. The second-order valence-corrected chi connectivity index (χ2v) is 8.81. The molecule has 3 fully saturated rings. The molecule has 0 aromatic rings. The first kappa shape index (κ1) is 15.8. The molecule has 0 aliphatic heterocycles. The molecule has 0 aromatic heterocycles. The third-order valence-corrected chi connectivity index (χ3v) is 8.05. The van der Waals surface area contributed by atoms with Crippen LogP contribution in [-0.2, 0) is 0 Å². The van der Waals surface area contributed by atoms with Gasteiger partial charge in [0, 0.05) is 5.41 Å². The molecule has 0 heterocycles. The van der Waals surface area contributed by atoms with Crippen molar-refractivity contribution in [3.8, 4) is 0 Å². The van der Waals surface area contributed by atoms with E-state index in [2.05, 4.69) is 20.8 Å². The standard InChI is InChI=1S/C19H34O2/c1-4-14-8-5-6-9-17(14,2)15-12-16(20)18(3)10-7-11-19(18,21)13-15/h14-16,20-21H,4-13H2,1-3H3/t14-,15?,16-,17+,18+,19+/m1/s1. The number of aliphatic hydroxyl groups excluding tert-OH is 1. The topological polar surface area (TPSA) is 40.5 Å². The Hall–Kier alpha value is -0.0800. The maximum Gasteiger partial charge on any atom is 0.0728 e. The molecule has 2 N–H and O–H groups in total. The van der Waals surface area contributed by atoms with Crippen LogP contribution in [0.5, 0.6) is 0 Å². The SMILES string of the molecule is CC[C@@H]1CCCC[C@]1(C)C1C[C@@H](O)[C@]2(C)CCC[C@]2(O)C1. The van der Waals surface area contributed by atoms with Crippen LogP contribution in [0, 0.1) is 22.7 Å². The van der Waals surface area contributed by atoms with Gasteiger partial charge in [0.15, 0.2) is 0 Å². The minimum atomic E-state index is -0.617. The Bertz CT molecular complexity index is 395. The zero-order chi connectivity index (χ0) is 15.3. The van der Waals surface area contributed by atoms with E-state index in [1.165, 1.54) is 32.1 Å². The zero-order valence-corrected chi connectivity index (χ0v) is 14.2. The maximum atomic E-state index is 11.3. The van der Waals surface area contributed by atoms with Crippen molar-refractivity contribution in [1.82, 2.24) is 0 Å². The highest BCUT2D eigenvalue weighted by atomic mass is 16.3. The van der Waals surface area contributed by atoms with Gasteiger partial charge in [-0.25, -0.2) is 0 Å². The summed E-state index contributed by atoms with van der Waals surface area (Å²) < 4.78 is 0. The Morgan fingerprint density at radius 2 is 1.81 bits per heavy atom. The molecule has 1 unspecified atom stereocenters. The van der Waals surface area contributed by atoms with Crippen LogP contribution >= 0.6 is 0 Å². The highest BCUT2D eigenvalue weighted by molar-refractivity contribution is 5.11. The van der Waals surface area contributed by atoms with E-state index in [4.69, 9.17) is 0 Å². The van der Waals surface area contributed by atoms with Crippen molar-refractivity contribution in [2.24, 2.45) is 22.7 Å². The summed E-state index contributed by atoms with van der Waals surface area (Å²) in [5.41, 5.74) is -0.544. The fourth-order valence-corrected chi connectivity index (χ4v) is 6.24. The number of aliphatic hydroxyl groups is 2. The minimum Gasteiger partial charge on any atom is -0.392 e. The molecule has 0 amide bonds.